The van der Waals surface area contributed by atoms with Crippen molar-refractivity contribution < 1.29 is 0 Å². The maximum Gasteiger partial charge on any atom is 0.150 e. The molecule has 0 saturated carbocycles. The van der Waals surface area contributed by atoms with Gasteiger partial charge in [-0.1, -0.05) is 41.9 Å². The number of fused-ring (bicyclic) bond motifs is 1. The first-order valence-electron chi connectivity index (χ1n) is 7.17. The van der Waals surface area contributed by atoms with Crippen molar-refractivity contribution in [3.63, 3.8) is 0 Å². The molecule has 0 aliphatic rings. The molecule has 112 valence electrons. The van der Waals surface area contributed by atoms with E-state index in [0.717, 1.165) is 27.8 Å². The summed E-state index contributed by atoms with van der Waals surface area (Å²) in [5.41, 5.74) is 9.96. The Morgan fingerprint density at radius 1 is 0.913 bits per heavy atom. The molecule has 0 spiro atoms. The summed E-state index contributed by atoms with van der Waals surface area (Å²) in [6.45, 7) is 0. The highest BCUT2D eigenvalue weighted by Crippen LogP contribution is 2.34. The molecule has 2 heterocycles. The molecule has 4 aromatic rings. The molecule has 5 heteroatoms. The molecule has 0 saturated heterocycles. The van der Waals surface area contributed by atoms with E-state index in [-0.39, 0.29) is 0 Å². The molecule has 0 bridgehead atoms. The third-order valence-corrected chi connectivity index (χ3v) is 4.05. The standard InChI is InChI=1S/C18H13ClN4/c19-13-6-8-14(9-7-13)23-10-15(12-4-2-1-3-5-12)16-17(20)21-11-22-18(16)23/h1-11H,(H2,20,21,22). The van der Waals surface area contributed by atoms with Gasteiger partial charge in [-0.3, -0.25) is 0 Å². The molecule has 0 unspecified atom stereocenters. The number of benzene rings is 2. The molecule has 2 aromatic heterocycles. The predicted octanol–water partition coefficient (Wildman–Crippen LogP) is 4.32. The molecule has 0 aliphatic heterocycles. The Balaban J connectivity index is 2.03. The first-order chi connectivity index (χ1) is 11.2. The van der Waals surface area contributed by atoms with E-state index >= 15 is 0 Å². The van der Waals surface area contributed by atoms with Gasteiger partial charge < -0.3 is 10.3 Å². The maximum atomic E-state index is 6.12. The van der Waals surface area contributed by atoms with Gasteiger partial charge in [0.15, 0.2) is 5.65 Å². The molecule has 0 fully saturated rings. The molecule has 23 heavy (non-hydrogen) atoms. The number of halogens is 1. The zero-order valence-corrected chi connectivity index (χ0v) is 12.9. The van der Waals surface area contributed by atoms with Gasteiger partial charge in [-0.05, 0) is 29.8 Å². The van der Waals surface area contributed by atoms with Gasteiger partial charge in [-0.2, -0.15) is 0 Å². The van der Waals surface area contributed by atoms with Crippen molar-refractivity contribution in [1.82, 2.24) is 14.5 Å². The lowest BCUT2D eigenvalue weighted by Crippen LogP contribution is -1.96. The van der Waals surface area contributed by atoms with Gasteiger partial charge in [-0.25, -0.2) is 9.97 Å². The lowest BCUT2D eigenvalue weighted by molar-refractivity contribution is 1.08. The zero-order valence-electron chi connectivity index (χ0n) is 12.1. The van der Waals surface area contributed by atoms with E-state index < -0.39 is 0 Å². The topological polar surface area (TPSA) is 56.7 Å². The molecular weight excluding hydrogens is 308 g/mol. The lowest BCUT2D eigenvalue weighted by Gasteiger charge is -2.04. The summed E-state index contributed by atoms with van der Waals surface area (Å²) >= 11 is 5.99. The van der Waals surface area contributed by atoms with Crippen LogP contribution >= 0.6 is 11.6 Å². The number of aromatic nitrogens is 3. The van der Waals surface area contributed by atoms with E-state index in [2.05, 4.69) is 9.97 Å². The first-order valence-corrected chi connectivity index (χ1v) is 7.55. The quantitative estimate of drug-likeness (QED) is 0.598. The lowest BCUT2D eigenvalue weighted by atomic mass is 10.1. The van der Waals surface area contributed by atoms with Crippen LogP contribution in [-0.2, 0) is 0 Å². The number of nitrogens with zero attached hydrogens (tertiary/aromatic N) is 3. The maximum absolute atomic E-state index is 6.12. The monoisotopic (exact) mass is 320 g/mol. The molecule has 4 nitrogen and oxygen atoms in total. The van der Waals surface area contributed by atoms with Crippen LogP contribution in [0.5, 0.6) is 0 Å². The molecule has 0 radical (unpaired) electrons. The summed E-state index contributed by atoms with van der Waals surface area (Å²) in [7, 11) is 0. The normalized spacial score (nSPS) is 11.0. The molecule has 2 aromatic carbocycles. The highest BCUT2D eigenvalue weighted by Gasteiger charge is 2.15. The third-order valence-electron chi connectivity index (χ3n) is 3.80. The van der Waals surface area contributed by atoms with Crippen LogP contribution in [0.1, 0.15) is 0 Å². The highest BCUT2D eigenvalue weighted by atomic mass is 35.5. The summed E-state index contributed by atoms with van der Waals surface area (Å²) in [5.74, 6) is 0.474. The van der Waals surface area contributed by atoms with Crippen molar-refractivity contribution in [2.75, 3.05) is 5.73 Å². The van der Waals surface area contributed by atoms with Crippen LogP contribution in [0.3, 0.4) is 0 Å². The average molecular weight is 321 g/mol. The van der Waals surface area contributed by atoms with Crippen LogP contribution in [0.25, 0.3) is 27.8 Å². The van der Waals surface area contributed by atoms with E-state index in [9.17, 15) is 0 Å². The minimum atomic E-state index is 0.474. The fourth-order valence-corrected chi connectivity index (χ4v) is 2.85. The Bertz CT molecular complexity index is 975. The Morgan fingerprint density at radius 3 is 2.39 bits per heavy atom. The molecular formula is C18H13ClN4. The van der Waals surface area contributed by atoms with Gasteiger partial charge in [0.2, 0.25) is 0 Å². The average Bonchev–Trinajstić information content (AvgIpc) is 2.97. The SMILES string of the molecule is Nc1ncnc2c1c(-c1ccccc1)cn2-c1ccc(Cl)cc1. The summed E-state index contributed by atoms with van der Waals surface area (Å²) in [6, 6.07) is 17.7. The molecule has 0 amide bonds. The van der Waals surface area contributed by atoms with Crippen molar-refractivity contribution in [2.45, 2.75) is 0 Å². The van der Waals surface area contributed by atoms with E-state index in [4.69, 9.17) is 17.3 Å². The fraction of sp³-hybridized carbons (Fsp3) is 0. The van der Waals surface area contributed by atoms with Crippen molar-refractivity contribution in [2.24, 2.45) is 0 Å². The minimum absolute atomic E-state index is 0.474. The smallest absolute Gasteiger partial charge is 0.150 e. The first kappa shape index (κ1) is 13.8. The van der Waals surface area contributed by atoms with Gasteiger partial charge in [0, 0.05) is 22.5 Å². The molecule has 4 rings (SSSR count). The predicted molar refractivity (Wildman–Crippen MR) is 93.7 cm³/mol. The van der Waals surface area contributed by atoms with Gasteiger partial charge in [0.25, 0.3) is 0 Å². The van der Waals surface area contributed by atoms with E-state index in [1.165, 1.54) is 6.33 Å². The van der Waals surface area contributed by atoms with Crippen LogP contribution in [0.2, 0.25) is 5.02 Å². The Morgan fingerprint density at radius 2 is 1.65 bits per heavy atom. The summed E-state index contributed by atoms with van der Waals surface area (Å²) < 4.78 is 2.01. The van der Waals surface area contributed by atoms with Gasteiger partial charge in [-0.15, -0.1) is 0 Å². The second kappa shape index (κ2) is 5.41. The Kier molecular flexibility index (Phi) is 3.24. The van der Waals surface area contributed by atoms with Crippen LogP contribution < -0.4 is 5.73 Å². The molecule has 2 N–H and O–H groups in total. The van der Waals surface area contributed by atoms with E-state index in [0.29, 0.717) is 10.8 Å². The number of hydrogen-bond donors (Lipinski definition) is 1. The summed E-state index contributed by atoms with van der Waals surface area (Å²) in [5, 5.41) is 1.55. The molecule has 0 aliphatic carbocycles. The fourth-order valence-electron chi connectivity index (χ4n) is 2.72. The van der Waals surface area contributed by atoms with Gasteiger partial charge in [0.1, 0.15) is 12.1 Å². The number of hydrogen-bond acceptors (Lipinski definition) is 3. The second-order valence-electron chi connectivity index (χ2n) is 5.21. The van der Waals surface area contributed by atoms with Crippen molar-refractivity contribution in [3.8, 4) is 16.8 Å². The number of nitrogen functional groups attached to an aromatic ring is 1. The molecule has 0 atom stereocenters. The van der Waals surface area contributed by atoms with Crippen LogP contribution in [0.15, 0.2) is 67.1 Å². The van der Waals surface area contributed by atoms with E-state index in [1.54, 1.807) is 0 Å². The largest absolute Gasteiger partial charge is 0.383 e. The van der Waals surface area contributed by atoms with Crippen molar-refractivity contribution >= 4 is 28.5 Å². The third kappa shape index (κ3) is 2.33. The number of rotatable bonds is 2. The second-order valence-corrected chi connectivity index (χ2v) is 5.65. The number of anilines is 1. The Hall–Kier alpha value is -2.85. The minimum Gasteiger partial charge on any atom is -0.383 e. The van der Waals surface area contributed by atoms with Gasteiger partial charge >= 0.3 is 0 Å². The van der Waals surface area contributed by atoms with Crippen molar-refractivity contribution in [3.05, 3.63) is 72.1 Å². The van der Waals surface area contributed by atoms with Gasteiger partial charge in [0.05, 0.1) is 5.39 Å². The van der Waals surface area contributed by atoms with E-state index in [1.807, 2.05) is 65.4 Å². The zero-order chi connectivity index (χ0) is 15.8. The van der Waals surface area contributed by atoms with Crippen molar-refractivity contribution in [1.29, 1.82) is 0 Å². The summed E-state index contributed by atoms with van der Waals surface area (Å²) in [6.07, 6.45) is 3.52. The number of nitrogens with two attached hydrogens (primary N) is 1. The highest BCUT2D eigenvalue weighted by molar-refractivity contribution is 6.30. The summed E-state index contributed by atoms with van der Waals surface area (Å²) in [4.78, 5) is 8.57. The Labute approximate surface area is 138 Å². The van der Waals surface area contributed by atoms with Crippen LogP contribution in [0.4, 0.5) is 5.82 Å². The van der Waals surface area contributed by atoms with Crippen LogP contribution in [-0.4, -0.2) is 14.5 Å². The van der Waals surface area contributed by atoms with Crippen LogP contribution in [0, 0.1) is 0 Å².